The van der Waals surface area contributed by atoms with Crippen LogP contribution in [0.1, 0.15) is 34.0 Å². The Bertz CT molecular complexity index is 783. The Morgan fingerprint density at radius 3 is 2.12 bits per heavy atom. The van der Waals surface area contributed by atoms with Gasteiger partial charge in [-0.3, -0.25) is 4.79 Å². The van der Waals surface area contributed by atoms with Crippen molar-refractivity contribution in [2.45, 2.75) is 26.3 Å². The molecular weight excluding hydrogens is 326 g/mol. The number of halogens is 1. The van der Waals surface area contributed by atoms with Crippen LogP contribution in [0.15, 0.2) is 42.5 Å². The van der Waals surface area contributed by atoms with Gasteiger partial charge in [-0.1, -0.05) is 47.0 Å². The van der Waals surface area contributed by atoms with Crippen LogP contribution < -0.4 is 0 Å². The summed E-state index contributed by atoms with van der Waals surface area (Å²) in [6.45, 7) is 5.28. The van der Waals surface area contributed by atoms with Gasteiger partial charge in [0.2, 0.25) is 0 Å². The third-order valence-electron chi connectivity index (χ3n) is 4.26. The average Bonchev–Trinajstić information content (AvgIpc) is 2.52. The molecule has 1 N–H and O–H groups in total. The topological polar surface area (TPSA) is 57.6 Å². The van der Waals surface area contributed by atoms with Crippen molar-refractivity contribution in [3.63, 3.8) is 0 Å². The molecule has 126 valence electrons. The van der Waals surface area contributed by atoms with E-state index in [0.29, 0.717) is 16.1 Å². The van der Waals surface area contributed by atoms with Crippen molar-refractivity contribution in [1.82, 2.24) is 4.90 Å². The van der Waals surface area contributed by atoms with Gasteiger partial charge in [-0.05, 0) is 39.0 Å². The summed E-state index contributed by atoms with van der Waals surface area (Å²) in [5.74, 6) is -1.51. The molecule has 0 saturated heterocycles. The minimum absolute atomic E-state index is 0.308. The number of carboxylic acid groups (broad SMARTS) is 1. The lowest BCUT2D eigenvalue weighted by molar-refractivity contribution is -0.148. The number of aryl methyl sites for hydroxylation is 2. The molecule has 4 nitrogen and oxygen atoms in total. The Hall–Kier alpha value is -2.33. The van der Waals surface area contributed by atoms with Crippen molar-refractivity contribution in [2.75, 3.05) is 7.05 Å². The Balaban J connectivity index is 2.54. The molecule has 0 fully saturated rings. The van der Waals surface area contributed by atoms with Crippen LogP contribution in [0, 0.1) is 13.8 Å². The number of nitrogens with zero attached hydrogens (tertiary/aromatic N) is 1. The zero-order chi connectivity index (χ0) is 18.1. The Labute approximate surface area is 146 Å². The van der Waals surface area contributed by atoms with Crippen LogP contribution in [0.4, 0.5) is 0 Å². The molecule has 0 bridgehead atoms. The van der Waals surface area contributed by atoms with Gasteiger partial charge < -0.3 is 10.0 Å². The van der Waals surface area contributed by atoms with Gasteiger partial charge in [0, 0.05) is 23.2 Å². The molecular formula is C19H20ClNO3. The molecule has 5 heteroatoms. The number of benzene rings is 2. The summed E-state index contributed by atoms with van der Waals surface area (Å²) in [6, 6.07) is 12.1. The van der Waals surface area contributed by atoms with E-state index < -0.39 is 11.5 Å². The van der Waals surface area contributed by atoms with E-state index in [-0.39, 0.29) is 5.91 Å². The van der Waals surface area contributed by atoms with Gasteiger partial charge >= 0.3 is 5.97 Å². The maximum absolute atomic E-state index is 12.9. The second kappa shape index (κ2) is 6.65. The minimum atomic E-state index is -1.58. The van der Waals surface area contributed by atoms with Gasteiger partial charge in [0.25, 0.3) is 5.91 Å². The van der Waals surface area contributed by atoms with Gasteiger partial charge in [-0.25, -0.2) is 4.79 Å². The summed E-state index contributed by atoms with van der Waals surface area (Å²) in [4.78, 5) is 26.2. The first-order chi connectivity index (χ1) is 11.2. The van der Waals surface area contributed by atoms with Crippen molar-refractivity contribution in [3.05, 3.63) is 69.7 Å². The lowest BCUT2D eigenvalue weighted by atomic mass is 9.89. The number of aliphatic carboxylic acids is 1. The van der Waals surface area contributed by atoms with Crippen molar-refractivity contribution >= 4 is 23.5 Å². The predicted octanol–water partition coefficient (Wildman–Crippen LogP) is 4.03. The van der Waals surface area contributed by atoms with Crippen LogP contribution in [-0.2, 0) is 10.3 Å². The van der Waals surface area contributed by atoms with E-state index in [1.54, 1.807) is 36.4 Å². The van der Waals surface area contributed by atoms with Crippen molar-refractivity contribution in [3.8, 4) is 0 Å². The number of likely N-dealkylation sites (N-methyl/N-ethyl adjacent to an activating group) is 1. The van der Waals surface area contributed by atoms with Crippen LogP contribution in [0.3, 0.4) is 0 Å². The molecule has 1 atom stereocenters. The molecule has 0 heterocycles. The van der Waals surface area contributed by atoms with E-state index in [4.69, 9.17) is 11.6 Å². The summed E-state index contributed by atoms with van der Waals surface area (Å²) in [5, 5.41) is 10.1. The SMILES string of the molecule is Cc1cc(C)cc(C(=O)N(C)[C@@](C)(C(=O)O)c2ccccc2Cl)c1. The summed E-state index contributed by atoms with van der Waals surface area (Å²) in [6.07, 6.45) is 0. The third kappa shape index (κ3) is 3.15. The van der Waals surface area contributed by atoms with Crippen molar-refractivity contribution in [1.29, 1.82) is 0 Å². The van der Waals surface area contributed by atoms with Crippen LogP contribution in [-0.4, -0.2) is 28.9 Å². The van der Waals surface area contributed by atoms with Gasteiger partial charge in [-0.2, -0.15) is 0 Å². The van der Waals surface area contributed by atoms with Crippen LogP contribution in [0.25, 0.3) is 0 Å². The molecule has 2 aromatic rings. The molecule has 2 aromatic carbocycles. The van der Waals surface area contributed by atoms with Gasteiger partial charge in [-0.15, -0.1) is 0 Å². The van der Waals surface area contributed by atoms with Gasteiger partial charge in [0.15, 0.2) is 5.54 Å². The highest BCUT2D eigenvalue weighted by molar-refractivity contribution is 6.31. The lowest BCUT2D eigenvalue weighted by Gasteiger charge is -2.36. The predicted molar refractivity (Wildman–Crippen MR) is 94.4 cm³/mol. The number of rotatable bonds is 4. The van der Waals surface area contributed by atoms with Crippen molar-refractivity contribution in [2.24, 2.45) is 0 Å². The number of carboxylic acids is 1. The standard InChI is InChI=1S/C19H20ClNO3/c1-12-9-13(2)11-14(10-12)17(22)21(4)19(3,18(23)24)15-7-5-6-8-16(15)20/h5-11H,1-4H3,(H,23,24)/t19-/m1/s1. The highest BCUT2D eigenvalue weighted by Crippen LogP contribution is 2.34. The zero-order valence-electron chi connectivity index (χ0n) is 14.1. The second-order valence-corrected chi connectivity index (χ2v) is 6.50. The molecule has 0 saturated carbocycles. The lowest BCUT2D eigenvalue weighted by Crippen LogP contribution is -2.50. The van der Waals surface area contributed by atoms with Gasteiger partial charge in [0.05, 0.1) is 0 Å². The van der Waals surface area contributed by atoms with E-state index in [0.717, 1.165) is 11.1 Å². The number of hydrogen-bond acceptors (Lipinski definition) is 2. The molecule has 0 aliphatic rings. The largest absolute Gasteiger partial charge is 0.479 e. The molecule has 0 aliphatic carbocycles. The number of hydrogen-bond donors (Lipinski definition) is 1. The normalized spacial score (nSPS) is 13.2. The summed E-state index contributed by atoms with van der Waals surface area (Å²) in [5.41, 5.74) is 1.14. The molecule has 0 unspecified atom stereocenters. The van der Waals surface area contributed by atoms with E-state index in [9.17, 15) is 14.7 Å². The zero-order valence-corrected chi connectivity index (χ0v) is 14.9. The first-order valence-corrected chi connectivity index (χ1v) is 7.90. The van der Waals surface area contributed by atoms with Crippen LogP contribution in [0.2, 0.25) is 5.02 Å². The maximum Gasteiger partial charge on any atom is 0.334 e. The van der Waals surface area contributed by atoms with E-state index in [2.05, 4.69) is 0 Å². The first kappa shape index (κ1) is 18.0. The molecule has 24 heavy (non-hydrogen) atoms. The van der Waals surface area contributed by atoms with Crippen LogP contribution >= 0.6 is 11.6 Å². The number of carbonyl (C=O) groups excluding carboxylic acids is 1. The minimum Gasteiger partial charge on any atom is -0.479 e. The second-order valence-electron chi connectivity index (χ2n) is 6.10. The third-order valence-corrected chi connectivity index (χ3v) is 4.59. The Morgan fingerprint density at radius 1 is 1.08 bits per heavy atom. The molecule has 0 radical (unpaired) electrons. The monoisotopic (exact) mass is 345 g/mol. The van der Waals surface area contributed by atoms with Crippen molar-refractivity contribution < 1.29 is 14.7 Å². The highest BCUT2D eigenvalue weighted by Gasteiger charge is 2.43. The summed E-state index contributed by atoms with van der Waals surface area (Å²) >= 11 is 6.20. The highest BCUT2D eigenvalue weighted by atomic mass is 35.5. The number of amides is 1. The maximum atomic E-state index is 12.9. The Kier molecular flexibility index (Phi) is 4.99. The smallest absolute Gasteiger partial charge is 0.334 e. The Morgan fingerprint density at radius 2 is 1.62 bits per heavy atom. The van der Waals surface area contributed by atoms with Gasteiger partial charge in [0.1, 0.15) is 0 Å². The van der Waals surface area contributed by atoms with Crippen LogP contribution in [0.5, 0.6) is 0 Å². The average molecular weight is 346 g/mol. The fourth-order valence-electron chi connectivity index (χ4n) is 2.79. The number of carbonyl (C=O) groups is 2. The summed E-state index contributed by atoms with van der Waals surface area (Å²) in [7, 11) is 1.48. The molecule has 0 aliphatic heterocycles. The van der Waals surface area contributed by atoms with E-state index in [1.165, 1.54) is 18.9 Å². The molecule has 2 rings (SSSR count). The first-order valence-electron chi connectivity index (χ1n) is 7.52. The fraction of sp³-hybridized carbons (Fsp3) is 0.263. The summed E-state index contributed by atoms with van der Waals surface area (Å²) < 4.78 is 0. The molecule has 0 aromatic heterocycles. The molecule has 0 spiro atoms. The molecule has 1 amide bonds. The van der Waals surface area contributed by atoms with E-state index >= 15 is 0 Å². The fourth-order valence-corrected chi connectivity index (χ4v) is 3.11. The quantitative estimate of drug-likeness (QED) is 0.910. The van der Waals surface area contributed by atoms with E-state index in [1.807, 2.05) is 19.9 Å².